The van der Waals surface area contributed by atoms with E-state index in [0.717, 1.165) is 11.1 Å². The van der Waals surface area contributed by atoms with Crippen LogP contribution in [0.25, 0.3) is 11.1 Å². The van der Waals surface area contributed by atoms with Gasteiger partial charge in [-0.05, 0) is 30.2 Å². The van der Waals surface area contributed by atoms with Gasteiger partial charge in [-0.2, -0.15) is 10.5 Å². The van der Waals surface area contributed by atoms with Gasteiger partial charge in [-0.15, -0.1) is 0 Å². The van der Waals surface area contributed by atoms with E-state index in [9.17, 15) is 0 Å². The molecule has 0 aliphatic carbocycles. The van der Waals surface area contributed by atoms with Crippen LogP contribution < -0.4 is 0 Å². The molecular formula is C15H10N2. The normalized spacial score (nSPS) is 9.35. The van der Waals surface area contributed by atoms with E-state index in [1.165, 1.54) is 5.56 Å². The number of rotatable bonds is 1. The largest absolute Gasteiger partial charge is 0.192 e. The summed E-state index contributed by atoms with van der Waals surface area (Å²) in [4.78, 5) is 0. The van der Waals surface area contributed by atoms with Gasteiger partial charge in [0.15, 0.2) is 0 Å². The molecule has 17 heavy (non-hydrogen) atoms. The summed E-state index contributed by atoms with van der Waals surface area (Å²) >= 11 is 0. The Bertz CT molecular complexity index is 625. The van der Waals surface area contributed by atoms with Crippen LogP contribution in [-0.4, -0.2) is 0 Å². The van der Waals surface area contributed by atoms with Gasteiger partial charge < -0.3 is 0 Å². The standard InChI is InChI=1S/C15H10N2/c1-11-2-5-13(6-3-11)15-7-4-12(9-16)8-14(15)10-17/h2-8H,1H3. The lowest BCUT2D eigenvalue weighted by Gasteiger charge is -2.05. The molecule has 2 aromatic rings. The van der Waals surface area contributed by atoms with Gasteiger partial charge in [0.05, 0.1) is 23.3 Å². The first kappa shape index (κ1) is 10.9. The van der Waals surface area contributed by atoms with E-state index >= 15 is 0 Å². The highest BCUT2D eigenvalue weighted by Crippen LogP contribution is 2.24. The lowest BCUT2D eigenvalue weighted by Crippen LogP contribution is -1.86. The summed E-state index contributed by atoms with van der Waals surface area (Å²) in [5, 5.41) is 17.9. The zero-order valence-corrected chi connectivity index (χ0v) is 9.44. The summed E-state index contributed by atoms with van der Waals surface area (Å²) in [6.45, 7) is 2.02. The predicted molar refractivity (Wildman–Crippen MR) is 66.0 cm³/mol. The Morgan fingerprint density at radius 2 is 1.59 bits per heavy atom. The van der Waals surface area contributed by atoms with Crippen LogP contribution >= 0.6 is 0 Å². The van der Waals surface area contributed by atoms with Crippen LogP contribution in [0.15, 0.2) is 42.5 Å². The molecule has 0 atom stereocenters. The van der Waals surface area contributed by atoms with Crippen LogP contribution in [0, 0.1) is 29.6 Å². The number of hydrogen-bond donors (Lipinski definition) is 0. The van der Waals surface area contributed by atoms with Crippen molar-refractivity contribution in [2.24, 2.45) is 0 Å². The van der Waals surface area contributed by atoms with Gasteiger partial charge in [0, 0.05) is 0 Å². The summed E-state index contributed by atoms with van der Waals surface area (Å²) in [5.41, 5.74) is 4.09. The Labute approximate surface area is 100 Å². The fourth-order valence-corrected chi connectivity index (χ4v) is 1.69. The second-order valence-electron chi connectivity index (χ2n) is 3.85. The van der Waals surface area contributed by atoms with Crippen molar-refractivity contribution in [1.29, 1.82) is 10.5 Å². The minimum Gasteiger partial charge on any atom is -0.192 e. The van der Waals surface area contributed by atoms with Crippen molar-refractivity contribution in [2.45, 2.75) is 6.92 Å². The Morgan fingerprint density at radius 1 is 0.882 bits per heavy atom. The third-order valence-corrected chi connectivity index (χ3v) is 2.63. The van der Waals surface area contributed by atoms with Gasteiger partial charge in [-0.3, -0.25) is 0 Å². The highest BCUT2D eigenvalue weighted by molar-refractivity contribution is 5.71. The second-order valence-corrected chi connectivity index (χ2v) is 3.85. The number of benzene rings is 2. The first-order valence-electron chi connectivity index (χ1n) is 5.26. The van der Waals surface area contributed by atoms with Gasteiger partial charge in [0.1, 0.15) is 0 Å². The Kier molecular flexibility index (Phi) is 2.90. The number of aryl methyl sites for hydroxylation is 1. The highest BCUT2D eigenvalue weighted by atomic mass is 14.3. The molecule has 0 aromatic heterocycles. The van der Waals surface area contributed by atoms with E-state index in [2.05, 4.69) is 6.07 Å². The SMILES string of the molecule is Cc1ccc(-c2ccc(C#N)cc2C#N)cc1. The number of nitriles is 2. The van der Waals surface area contributed by atoms with Crippen LogP contribution in [0.4, 0.5) is 0 Å². The molecule has 0 spiro atoms. The van der Waals surface area contributed by atoms with Crippen molar-refractivity contribution >= 4 is 0 Å². The molecule has 2 heteroatoms. The zero-order valence-electron chi connectivity index (χ0n) is 9.44. The first-order valence-corrected chi connectivity index (χ1v) is 5.26. The van der Waals surface area contributed by atoms with E-state index in [4.69, 9.17) is 10.5 Å². The fraction of sp³-hybridized carbons (Fsp3) is 0.0667. The average molecular weight is 218 g/mol. The number of hydrogen-bond acceptors (Lipinski definition) is 2. The molecule has 80 valence electrons. The van der Waals surface area contributed by atoms with E-state index in [-0.39, 0.29) is 0 Å². The molecule has 0 fully saturated rings. The molecule has 0 saturated carbocycles. The predicted octanol–water partition coefficient (Wildman–Crippen LogP) is 3.41. The maximum atomic E-state index is 9.09. The van der Waals surface area contributed by atoms with Crippen molar-refractivity contribution in [3.63, 3.8) is 0 Å². The van der Waals surface area contributed by atoms with Crippen molar-refractivity contribution in [1.82, 2.24) is 0 Å². The summed E-state index contributed by atoms with van der Waals surface area (Å²) in [7, 11) is 0. The molecule has 0 heterocycles. The molecule has 0 aliphatic rings. The zero-order chi connectivity index (χ0) is 12.3. The monoisotopic (exact) mass is 218 g/mol. The lowest BCUT2D eigenvalue weighted by atomic mass is 9.98. The van der Waals surface area contributed by atoms with Gasteiger partial charge in [0.25, 0.3) is 0 Å². The molecule has 0 bridgehead atoms. The van der Waals surface area contributed by atoms with Gasteiger partial charge in [0.2, 0.25) is 0 Å². The topological polar surface area (TPSA) is 47.6 Å². The fourth-order valence-electron chi connectivity index (χ4n) is 1.69. The molecule has 2 aromatic carbocycles. The molecule has 0 amide bonds. The van der Waals surface area contributed by atoms with Crippen LogP contribution in [0.2, 0.25) is 0 Å². The van der Waals surface area contributed by atoms with Crippen LogP contribution in [0.3, 0.4) is 0 Å². The molecular weight excluding hydrogens is 208 g/mol. The van der Waals surface area contributed by atoms with E-state index in [1.54, 1.807) is 12.1 Å². The van der Waals surface area contributed by atoms with Crippen LogP contribution in [-0.2, 0) is 0 Å². The van der Waals surface area contributed by atoms with Gasteiger partial charge in [-0.25, -0.2) is 0 Å². The van der Waals surface area contributed by atoms with E-state index in [0.29, 0.717) is 11.1 Å². The summed E-state index contributed by atoms with van der Waals surface area (Å²) < 4.78 is 0. The van der Waals surface area contributed by atoms with Crippen molar-refractivity contribution in [3.05, 3.63) is 59.2 Å². The van der Waals surface area contributed by atoms with E-state index in [1.807, 2.05) is 43.3 Å². The molecule has 0 radical (unpaired) electrons. The third kappa shape index (κ3) is 2.17. The van der Waals surface area contributed by atoms with E-state index < -0.39 is 0 Å². The molecule has 2 rings (SSSR count). The lowest BCUT2D eigenvalue weighted by molar-refractivity contribution is 1.43. The Balaban J connectivity index is 2.57. The van der Waals surface area contributed by atoms with Crippen molar-refractivity contribution in [2.75, 3.05) is 0 Å². The van der Waals surface area contributed by atoms with Crippen LogP contribution in [0.5, 0.6) is 0 Å². The summed E-state index contributed by atoms with van der Waals surface area (Å²) in [5.74, 6) is 0. The second kappa shape index (κ2) is 4.51. The average Bonchev–Trinajstić information content (AvgIpc) is 2.39. The van der Waals surface area contributed by atoms with Crippen LogP contribution in [0.1, 0.15) is 16.7 Å². The van der Waals surface area contributed by atoms with Gasteiger partial charge in [-0.1, -0.05) is 35.9 Å². The highest BCUT2D eigenvalue weighted by Gasteiger charge is 2.05. The Hall–Kier alpha value is -2.58. The molecule has 0 aliphatic heterocycles. The molecule has 0 unspecified atom stereocenters. The van der Waals surface area contributed by atoms with Gasteiger partial charge >= 0.3 is 0 Å². The number of nitrogens with zero attached hydrogens (tertiary/aromatic N) is 2. The minimum atomic E-state index is 0.511. The Morgan fingerprint density at radius 3 is 2.18 bits per heavy atom. The molecule has 0 saturated heterocycles. The maximum Gasteiger partial charge on any atom is 0.0998 e. The third-order valence-electron chi connectivity index (χ3n) is 2.63. The molecule has 0 N–H and O–H groups in total. The smallest absolute Gasteiger partial charge is 0.0998 e. The summed E-state index contributed by atoms with van der Waals surface area (Å²) in [6, 6.07) is 17.3. The molecule has 2 nitrogen and oxygen atoms in total. The van der Waals surface area contributed by atoms with Crippen molar-refractivity contribution < 1.29 is 0 Å². The van der Waals surface area contributed by atoms with Crippen molar-refractivity contribution in [3.8, 4) is 23.3 Å². The summed E-state index contributed by atoms with van der Waals surface area (Å²) in [6.07, 6.45) is 0. The quantitative estimate of drug-likeness (QED) is 0.736. The first-order chi connectivity index (χ1) is 8.24. The minimum absolute atomic E-state index is 0.511. The maximum absolute atomic E-state index is 9.09.